The van der Waals surface area contributed by atoms with Crippen LogP contribution in [0.1, 0.15) is 158 Å². The zero-order chi connectivity index (χ0) is 29.2. The standard InChI is InChI=1S/C40H55F/c1-7-22-39(6,23-8-2)30(5)20-25-40(24-10-11-28(3)31-15-17-32(41)18-16-31)26-21-34-36-19-14-29(4)33-12-9-13-35(38(33)36)37(34)27-40/h9,12-13,15-18,29,34,36-37H,3,5,7-8,10-11,14,19-27H2,1-2,4,6H3/t29?,34-,36?,37-,40?/m1/s1. The van der Waals surface area contributed by atoms with E-state index in [9.17, 15) is 4.39 Å². The van der Waals surface area contributed by atoms with Gasteiger partial charge in [-0.2, -0.15) is 0 Å². The van der Waals surface area contributed by atoms with Crippen LogP contribution in [0.2, 0.25) is 0 Å². The number of hydrogen-bond donors (Lipinski definition) is 0. The molecule has 1 fully saturated rings. The molecule has 3 unspecified atom stereocenters. The number of fused-ring (bicyclic) bond motifs is 3. The molecule has 0 bridgehead atoms. The van der Waals surface area contributed by atoms with Crippen LogP contribution in [0, 0.1) is 22.6 Å². The second-order valence-electron chi connectivity index (χ2n) is 14.6. The Kier molecular flexibility index (Phi) is 9.32. The molecule has 5 atom stereocenters. The SMILES string of the molecule is C=C(CCCC1(CCC(=C)C(C)(CCC)CCC)CC[C@@H]2C3CCC(C)c4cccc(c43)[C@@H]2C1)c1ccc(F)cc1. The van der Waals surface area contributed by atoms with Gasteiger partial charge in [-0.05, 0) is 152 Å². The molecule has 2 aromatic carbocycles. The molecule has 0 heterocycles. The zero-order valence-corrected chi connectivity index (χ0v) is 26.5. The summed E-state index contributed by atoms with van der Waals surface area (Å²) in [6.07, 6.45) is 17.7. The van der Waals surface area contributed by atoms with E-state index in [0.717, 1.165) is 41.7 Å². The average Bonchev–Trinajstić information content (AvgIpc) is 3.28. The van der Waals surface area contributed by atoms with Crippen LogP contribution in [-0.4, -0.2) is 0 Å². The third-order valence-electron chi connectivity index (χ3n) is 11.9. The van der Waals surface area contributed by atoms with Gasteiger partial charge in [-0.15, -0.1) is 0 Å². The summed E-state index contributed by atoms with van der Waals surface area (Å²) in [5.74, 6) is 2.90. The van der Waals surface area contributed by atoms with Crippen molar-refractivity contribution in [2.75, 3.05) is 0 Å². The van der Waals surface area contributed by atoms with Crippen molar-refractivity contribution in [1.82, 2.24) is 0 Å². The van der Waals surface area contributed by atoms with Gasteiger partial charge in [0.2, 0.25) is 0 Å². The Labute approximate surface area is 250 Å². The first-order valence-corrected chi connectivity index (χ1v) is 16.9. The molecule has 0 amide bonds. The number of hydrogen-bond acceptors (Lipinski definition) is 0. The maximum atomic E-state index is 13.5. The van der Waals surface area contributed by atoms with Crippen molar-refractivity contribution in [1.29, 1.82) is 0 Å². The third-order valence-corrected chi connectivity index (χ3v) is 11.9. The van der Waals surface area contributed by atoms with Crippen molar-refractivity contribution >= 4 is 5.57 Å². The van der Waals surface area contributed by atoms with Crippen LogP contribution in [0.25, 0.3) is 5.57 Å². The van der Waals surface area contributed by atoms with E-state index in [1.165, 1.54) is 82.6 Å². The van der Waals surface area contributed by atoms with E-state index >= 15 is 0 Å². The molecule has 222 valence electrons. The molecule has 3 aliphatic rings. The summed E-state index contributed by atoms with van der Waals surface area (Å²) in [5, 5.41) is 0. The van der Waals surface area contributed by atoms with Gasteiger partial charge in [0.25, 0.3) is 0 Å². The summed E-state index contributed by atoms with van der Waals surface area (Å²) < 4.78 is 13.5. The molecule has 0 radical (unpaired) electrons. The molecular formula is C40H55F. The van der Waals surface area contributed by atoms with Gasteiger partial charge in [-0.1, -0.05) is 89.6 Å². The minimum Gasteiger partial charge on any atom is -0.207 e. The summed E-state index contributed by atoms with van der Waals surface area (Å²) in [6, 6.07) is 14.2. The topological polar surface area (TPSA) is 0 Å². The maximum Gasteiger partial charge on any atom is 0.123 e. The molecule has 2 aromatic rings. The van der Waals surface area contributed by atoms with E-state index in [4.69, 9.17) is 6.58 Å². The number of allylic oxidation sites excluding steroid dienone is 2. The predicted molar refractivity (Wildman–Crippen MR) is 175 cm³/mol. The molecule has 0 aromatic heterocycles. The Morgan fingerprint density at radius 2 is 1.61 bits per heavy atom. The number of halogens is 1. The van der Waals surface area contributed by atoms with Gasteiger partial charge in [0, 0.05) is 0 Å². The first-order chi connectivity index (χ1) is 19.7. The largest absolute Gasteiger partial charge is 0.207 e. The first kappa shape index (κ1) is 30.3. The number of rotatable bonds is 13. The average molecular weight is 555 g/mol. The molecular weight excluding hydrogens is 499 g/mol. The van der Waals surface area contributed by atoms with E-state index in [-0.39, 0.29) is 11.2 Å². The van der Waals surface area contributed by atoms with E-state index in [1.54, 1.807) is 28.8 Å². The van der Waals surface area contributed by atoms with Crippen molar-refractivity contribution in [3.05, 3.63) is 89.3 Å². The highest BCUT2D eigenvalue weighted by atomic mass is 19.1. The molecule has 3 aliphatic carbocycles. The lowest BCUT2D eigenvalue weighted by molar-refractivity contribution is 0.0942. The van der Waals surface area contributed by atoms with Crippen molar-refractivity contribution in [3.8, 4) is 0 Å². The third kappa shape index (κ3) is 6.16. The Balaban J connectivity index is 1.36. The molecule has 0 saturated heterocycles. The van der Waals surface area contributed by atoms with Crippen molar-refractivity contribution in [2.24, 2.45) is 16.7 Å². The maximum absolute atomic E-state index is 13.5. The molecule has 0 spiro atoms. The van der Waals surface area contributed by atoms with Gasteiger partial charge >= 0.3 is 0 Å². The molecule has 0 aliphatic heterocycles. The minimum absolute atomic E-state index is 0.174. The zero-order valence-electron chi connectivity index (χ0n) is 26.5. The lowest BCUT2D eigenvalue weighted by atomic mass is 9.59. The van der Waals surface area contributed by atoms with Crippen LogP contribution >= 0.6 is 0 Å². The summed E-state index contributed by atoms with van der Waals surface area (Å²) in [4.78, 5) is 0. The van der Waals surface area contributed by atoms with Gasteiger partial charge in [0.05, 0.1) is 0 Å². The van der Waals surface area contributed by atoms with Crippen LogP contribution < -0.4 is 0 Å². The van der Waals surface area contributed by atoms with Gasteiger partial charge in [-0.3, -0.25) is 0 Å². The van der Waals surface area contributed by atoms with Crippen LogP contribution in [0.15, 0.2) is 61.2 Å². The smallest absolute Gasteiger partial charge is 0.123 e. The molecule has 0 nitrogen and oxygen atoms in total. The fraction of sp³-hybridized carbons (Fsp3) is 0.600. The molecule has 5 rings (SSSR count). The van der Waals surface area contributed by atoms with Crippen LogP contribution in [-0.2, 0) is 0 Å². The van der Waals surface area contributed by atoms with Gasteiger partial charge in [0.1, 0.15) is 5.82 Å². The minimum atomic E-state index is -0.174. The predicted octanol–water partition coefficient (Wildman–Crippen LogP) is 12.5. The molecule has 1 saturated carbocycles. The van der Waals surface area contributed by atoms with Crippen molar-refractivity contribution in [3.63, 3.8) is 0 Å². The summed E-state index contributed by atoms with van der Waals surface area (Å²) in [7, 11) is 0. The van der Waals surface area contributed by atoms with Crippen molar-refractivity contribution in [2.45, 2.75) is 135 Å². The Bertz CT molecular complexity index is 1210. The Hall–Kier alpha value is -2.15. The fourth-order valence-electron chi connectivity index (χ4n) is 9.54. The monoisotopic (exact) mass is 554 g/mol. The van der Waals surface area contributed by atoms with Crippen LogP contribution in [0.4, 0.5) is 4.39 Å². The van der Waals surface area contributed by atoms with Crippen LogP contribution in [0.3, 0.4) is 0 Å². The summed E-state index contributed by atoms with van der Waals surface area (Å²) >= 11 is 0. The van der Waals surface area contributed by atoms with Gasteiger partial charge < -0.3 is 0 Å². The first-order valence-electron chi connectivity index (χ1n) is 16.9. The molecule has 1 heteroatoms. The van der Waals surface area contributed by atoms with E-state index in [0.29, 0.717) is 11.3 Å². The highest BCUT2D eigenvalue weighted by Gasteiger charge is 2.50. The molecule has 0 N–H and O–H groups in total. The summed E-state index contributed by atoms with van der Waals surface area (Å²) in [5.41, 5.74) is 9.51. The van der Waals surface area contributed by atoms with Gasteiger partial charge in [0.15, 0.2) is 0 Å². The van der Waals surface area contributed by atoms with E-state index in [1.807, 2.05) is 12.1 Å². The van der Waals surface area contributed by atoms with Crippen molar-refractivity contribution < 1.29 is 4.39 Å². The quantitative estimate of drug-likeness (QED) is 0.216. The van der Waals surface area contributed by atoms with Crippen LogP contribution in [0.5, 0.6) is 0 Å². The molecule has 41 heavy (non-hydrogen) atoms. The highest BCUT2D eigenvalue weighted by molar-refractivity contribution is 5.63. The number of benzene rings is 2. The normalized spacial score (nSPS) is 26.9. The lowest BCUT2D eigenvalue weighted by Crippen LogP contribution is -2.33. The second kappa shape index (κ2) is 12.6. The van der Waals surface area contributed by atoms with E-state index < -0.39 is 0 Å². The Morgan fingerprint density at radius 1 is 0.902 bits per heavy atom. The fourth-order valence-corrected chi connectivity index (χ4v) is 9.54. The van der Waals surface area contributed by atoms with E-state index in [2.05, 4.69) is 52.5 Å². The second-order valence-corrected chi connectivity index (χ2v) is 14.6. The highest BCUT2D eigenvalue weighted by Crippen LogP contribution is 2.63. The Morgan fingerprint density at radius 3 is 2.32 bits per heavy atom. The summed E-state index contributed by atoms with van der Waals surface area (Å²) in [6.45, 7) is 18.7. The lowest BCUT2D eigenvalue weighted by Gasteiger charge is -2.46. The van der Waals surface area contributed by atoms with Gasteiger partial charge in [-0.25, -0.2) is 4.39 Å².